The van der Waals surface area contributed by atoms with Crippen LogP contribution in [0.15, 0.2) is 0 Å². The zero-order valence-corrected chi connectivity index (χ0v) is 8.54. The van der Waals surface area contributed by atoms with Crippen LogP contribution >= 0.6 is 0 Å². The maximum atomic E-state index is 11.5. The highest BCUT2D eigenvalue weighted by Gasteiger charge is 2.27. The van der Waals surface area contributed by atoms with Gasteiger partial charge >= 0.3 is 0 Å². The molecule has 1 amide bonds. The maximum Gasteiger partial charge on any atom is 0.240 e. The van der Waals surface area contributed by atoms with E-state index in [0.717, 1.165) is 0 Å². The predicted molar refractivity (Wildman–Crippen MR) is 50.3 cm³/mol. The molecule has 1 saturated heterocycles. The van der Waals surface area contributed by atoms with Crippen molar-refractivity contribution in [3.8, 4) is 0 Å². The van der Waals surface area contributed by atoms with Gasteiger partial charge in [0, 0.05) is 13.2 Å². The lowest BCUT2D eigenvalue weighted by Gasteiger charge is -2.19. The minimum absolute atomic E-state index is 0.0335. The Morgan fingerprint density at radius 1 is 1.77 bits per heavy atom. The van der Waals surface area contributed by atoms with E-state index in [0.29, 0.717) is 19.8 Å². The first-order chi connectivity index (χ1) is 6.15. The lowest BCUT2D eigenvalue weighted by Crippen LogP contribution is -2.35. The molecule has 0 radical (unpaired) electrons. The van der Waals surface area contributed by atoms with Crippen molar-refractivity contribution in [1.29, 1.82) is 0 Å². The van der Waals surface area contributed by atoms with Crippen molar-refractivity contribution in [2.24, 2.45) is 0 Å². The Morgan fingerprint density at radius 3 is 2.92 bits per heavy atom. The molecule has 2 atom stereocenters. The molecule has 0 bridgehead atoms. The van der Waals surface area contributed by atoms with Gasteiger partial charge < -0.3 is 9.64 Å². The Kier molecular flexibility index (Phi) is 3.69. The number of hydrogen-bond acceptors (Lipinski definition) is 3. The molecule has 4 heteroatoms. The van der Waals surface area contributed by atoms with Crippen molar-refractivity contribution in [3.05, 3.63) is 0 Å². The van der Waals surface area contributed by atoms with Gasteiger partial charge in [0.25, 0.3) is 0 Å². The van der Waals surface area contributed by atoms with Gasteiger partial charge in [0.2, 0.25) is 5.91 Å². The summed E-state index contributed by atoms with van der Waals surface area (Å²) in [4.78, 5) is 13.2. The number of rotatable bonds is 4. The van der Waals surface area contributed by atoms with E-state index in [1.54, 1.807) is 4.90 Å². The summed E-state index contributed by atoms with van der Waals surface area (Å²) in [5, 5.41) is 3.09. The maximum absolute atomic E-state index is 11.5. The molecule has 1 rings (SSSR count). The standard InChI is InChI=1S/C9H18N2O2/c1-4-13-7(2)5-11-6-10-8(3)9(11)12/h7-8,10H,4-6H2,1-3H3. The third kappa shape index (κ3) is 2.67. The third-order valence-electron chi connectivity index (χ3n) is 2.20. The van der Waals surface area contributed by atoms with Gasteiger partial charge in [-0.2, -0.15) is 0 Å². The SMILES string of the molecule is CCOC(C)CN1CNC(C)C1=O. The fourth-order valence-electron chi connectivity index (χ4n) is 1.49. The molecular weight excluding hydrogens is 168 g/mol. The smallest absolute Gasteiger partial charge is 0.240 e. The van der Waals surface area contributed by atoms with E-state index in [9.17, 15) is 4.79 Å². The van der Waals surface area contributed by atoms with Crippen LogP contribution in [0.5, 0.6) is 0 Å². The van der Waals surface area contributed by atoms with Crippen molar-refractivity contribution >= 4 is 5.91 Å². The molecule has 0 aliphatic carbocycles. The summed E-state index contributed by atoms with van der Waals surface area (Å²) in [6, 6.07) is -0.0335. The summed E-state index contributed by atoms with van der Waals surface area (Å²) in [5.74, 6) is 0.173. The molecule has 1 heterocycles. The average Bonchev–Trinajstić information content (AvgIpc) is 2.37. The van der Waals surface area contributed by atoms with Crippen LogP contribution in [0.3, 0.4) is 0 Å². The van der Waals surface area contributed by atoms with E-state index in [4.69, 9.17) is 4.74 Å². The van der Waals surface area contributed by atoms with Gasteiger partial charge in [-0.05, 0) is 20.8 Å². The molecule has 0 aromatic rings. The van der Waals surface area contributed by atoms with Gasteiger partial charge in [0.1, 0.15) is 0 Å². The summed E-state index contributed by atoms with van der Waals surface area (Å²) in [7, 11) is 0. The first-order valence-corrected chi connectivity index (χ1v) is 4.79. The number of carbonyl (C=O) groups is 1. The summed E-state index contributed by atoms with van der Waals surface area (Å²) in [6.07, 6.45) is 0.126. The average molecular weight is 186 g/mol. The molecule has 2 unspecified atom stereocenters. The monoisotopic (exact) mass is 186 g/mol. The van der Waals surface area contributed by atoms with Crippen LogP contribution in [0.4, 0.5) is 0 Å². The van der Waals surface area contributed by atoms with E-state index in [-0.39, 0.29) is 18.1 Å². The molecule has 0 aromatic carbocycles. The minimum Gasteiger partial charge on any atom is -0.377 e. The van der Waals surface area contributed by atoms with E-state index >= 15 is 0 Å². The second kappa shape index (κ2) is 4.58. The second-order valence-electron chi connectivity index (χ2n) is 3.41. The van der Waals surface area contributed by atoms with Gasteiger partial charge in [-0.3, -0.25) is 10.1 Å². The molecule has 1 N–H and O–H groups in total. The quantitative estimate of drug-likeness (QED) is 0.681. The highest BCUT2D eigenvalue weighted by molar-refractivity contribution is 5.83. The number of nitrogens with one attached hydrogen (secondary N) is 1. The Balaban J connectivity index is 2.33. The first-order valence-electron chi connectivity index (χ1n) is 4.79. The third-order valence-corrected chi connectivity index (χ3v) is 2.20. The normalized spacial score (nSPS) is 25.3. The van der Waals surface area contributed by atoms with Crippen LogP contribution in [0, 0.1) is 0 Å². The molecular formula is C9H18N2O2. The van der Waals surface area contributed by atoms with Crippen LogP contribution in [0.2, 0.25) is 0 Å². The fourth-order valence-corrected chi connectivity index (χ4v) is 1.49. The molecule has 1 aliphatic rings. The lowest BCUT2D eigenvalue weighted by atomic mass is 10.3. The fraction of sp³-hybridized carbons (Fsp3) is 0.889. The topological polar surface area (TPSA) is 41.6 Å². The number of carbonyl (C=O) groups excluding carboxylic acids is 1. The van der Waals surface area contributed by atoms with Gasteiger partial charge in [0.15, 0.2) is 0 Å². The molecule has 0 aromatic heterocycles. The van der Waals surface area contributed by atoms with Crippen LogP contribution in [0.25, 0.3) is 0 Å². The zero-order chi connectivity index (χ0) is 9.84. The molecule has 13 heavy (non-hydrogen) atoms. The summed E-state index contributed by atoms with van der Waals surface area (Å²) in [6.45, 7) is 7.87. The molecule has 76 valence electrons. The van der Waals surface area contributed by atoms with Crippen LogP contribution in [0.1, 0.15) is 20.8 Å². The molecule has 0 spiro atoms. The molecule has 1 fully saturated rings. The largest absolute Gasteiger partial charge is 0.377 e. The van der Waals surface area contributed by atoms with Crippen LogP contribution < -0.4 is 5.32 Å². The number of nitrogens with zero attached hydrogens (tertiary/aromatic N) is 1. The predicted octanol–water partition coefficient (Wildman–Crippen LogP) is 0.189. The van der Waals surface area contributed by atoms with Crippen LogP contribution in [-0.4, -0.2) is 42.8 Å². The summed E-state index contributed by atoms with van der Waals surface area (Å²) < 4.78 is 5.37. The zero-order valence-electron chi connectivity index (χ0n) is 8.54. The van der Waals surface area contributed by atoms with Crippen molar-refractivity contribution < 1.29 is 9.53 Å². The van der Waals surface area contributed by atoms with E-state index in [1.807, 2.05) is 20.8 Å². The van der Waals surface area contributed by atoms with Crippen LogP contribution in [-0.2, 0) is 9.53 Å². The molecule has 0 saturated carbocycles. The van der Waals surface area contributed by atoms with Gasteiger partial charge in [-0.25, -0.2) is 0 Å². The Labute approximate surface area is 79.2 Å². The molecule has 4 nitrogen and oxygen atoms in total. The van der Waals surface area contributed by atoms with Crippen molar-refractivity contribution in [1.82, 2.24) is 10.2 Å². The summed E-state index contributed by atoms with van der Waals surface area (Å²) in [5.41, 5.74) is 0. The lowest BCUT2D eigenvalue weighted by molar-refractivity contribution is -0.130. The Bertz CT molecular complexity index is 184. The number of ether oxygens (including phenoxy) is 1. The van der Waals surface area contributed by atoms with Crippen molar-refractivity contribution in [3.63, 3.8) is 0 Å². The van der Waals surface area contributed by atoms with E-state index in [2.05, 4.69) is 5.32 Å². The van der Waals surface area contributed by atoms with Crippen molar-refractivity contribution in [2.75, 3.05) is 19.8 Å². The molecule has 1 aliphatic heterocycles. The Morgan fingerprint density at radius 2 is 2.46 bits per heavy atom. The van der Waals surface area contributed by atoms with Gasteiger partial charge in [0.05, 0.1) is 18.8 Å². The van der Waals surface area contributed by atoms with Crippen molar-refractivity contribution in [2.45, 2.75) is 32.9 Å². The number of hydrogen-bond donors (Lipinski definition) is 1. The highest BCUT2D eigenvalue weighted by Crippen LogP contribution is 2.04. The van der Waals surface area contributed by atoms with Gasteiger partial charge in [-0.15, -0.1) is 0 Å². The van der Waals surface area contributed by atoms with Gasteiger partial charge in [-0.1, -0.05) is 0 Å². The Hall–Kier alpha value is -0.610. The van der Waals surface area contributed by atoms with E-state index in [1.165, 1.54) is 0 Å². The minimum atomic E-state index is -0.0335. The summed E-state index contributed by atoms with van der Waals surface area (Å²) >= 11 is 0. The highest BCUT2D eigenvalue weighted by atomic mass is 16.5. The number of amides is 1. The first kappa shape index (κ1) is 10.5. The van der Waals surface area contributed by atoms with E-state index < -0.39 is 0 Å². The second-order valence-corrected chi connectivity index (χ2v) is 3.41.